The van der Waals surface area contributed by atoms with E-state index in [1.54, 1.807) is 24.3 Å². The third-order valence-electron chi connectivity index (χ3n) is 3.08. The third kappa shape index (κ3) is 3.17. The summed E-state index contributed by atoms with van der Waals surface area (Å²) >= 11 is 0. The minimum Gasteiger partial charge on any atom is -0.508 e. The molecule has 2 N–H and O–H groups in total. The number of fused-ring (bicyclic) bond motifs is 1. The highest BCUT2D eigenvalue weighted by Gasteiger charge is 2.26. The highest BCUT2D eigenvalue weighted by molar-refractivity contribution is 5.85. The average molecular weight is 298 g/mol. The van der Waals surface area contributed by atoms with E-state index in [1.165, 1.54) is 18.3 Å². The van der Waals surface area contributed by atoms with E-state index in [0.29, 0.717) is 11.5 Å². The molecular weight excluding hydrogens is 284 g/mol. The number of hydrazone groups is 1. The second kappa shape index (κ2) is 6.17. The number of rotatable bonds is 3. The third-order valence-corrected chi connectivity index (χ3v) is 3.08. The first kappa shape index (κ1) is 13.9. The summed E-state index contributed by atoms with van der Waals surface area (Å²) in [5.74, 6) is 0.952. The molecule has 0 radical (unpaired) electrons. The maximum atomic E-state index is 12.0. The molecule has 2 aromatic carbocycles. The highest BCUT2D eigenvalue weighted by atomic mass is 16.6. The zero-order valence-electron chi connectivity index (χ0n) is 11.6. The van der Waals surface area contributed by atoms with E-state index in [0.717, 1.165) is 5.56 Å². The predicted octanol–water partition coefficient (Wildman–Crippen LogP) is 1.68. The Labute approximate surface area is 127 Å². The number of amides is 1. The van der Waals surface area contributed by atoms with Crippen molar-refractivity contribution in [1.82, 2.24) is 5.43 Å². The van der Waals surface area contributed by atoms with Crippen molar-refractivity contribution in [3.63, 3.8) is 0 Å². The van der Waals surface area contributed by atoms with Gasteiger partial charge in [-0.2, -0.15) is 5.10 Å². The van der Waals surface area contributed by atoms with E-state index < -0.39 is 6.10 Å². The number of nitrogens with zero attached hydrogens (tertiary/aromatic N) is 1. The van der Waals surface area contributed by atoms with Crippen molar-refractivity contribution in [3.05, 3.63) is 54.1 Å². The first-order valence-corrected chi connectivity index (χ1v) is 6.73. The monoisotopic (exact) mass is 298 g/mol. The van der Waals surface area contributed by atoms with Gasteiger partial charge in [0.2, 0.25) is 6.10 Å². The lowest BCUT2D eigenvalue weighted by Crippen LogP contribution is -2.42. The highest BCUT2D eigenvalue weighted by Crippen LogP contribution is 2.30. The van der Waals surface area contributed by atoms with Gasteiger partial charge in [-0.3, -0.25) is 4.79 Å². The van der Waals surface area contributed by atoms with Gasteiger partial charge in [-0.25, -0.2) is 5.43 Å². The van der Waals surface area contributed by atoms with Crippen molar-refractivity contribution in [2.45, 2.75) is 6.10 Å². The number of hydrogen-bond donors (Lipinski definition) is 2. The Morgan fingerprint density at radius 1 is 1.18 bits per heavy atom. The number of hydrogen-bond acceptors (Lipinski definition) is 5. The van der Waals surface area contributed by atoms with Gasteiger partial charge >= 0.3 is 0 Å². The summed E-state index contributed by atoms with van der Waals surface area (Å²) in [5, 5.41) is 13.0. The second-order valence-electron chi connectivity index (χ2n) is 4.69. The normalized spacial score (nSPS) is 16.5. The number of carbonyl (C=O) groups excluding carboxylic acids is 1. The first-order valence-electron chi connectivity index (χ1n) is 6.73. The Hall–Kier alpha value is -3.02. The topological polar surface area (TPSA) is 80.2 Å². The molecule has 1 atom stereocenters. The van der Waals surface area contributed by atoms with Crippen LogP contribution in [0.5, 0.6) is 17.2 Å². The van der Waals surface area contributed by atoms with E-state index in [1.807, 2.05) is 12.1 Å². The zero-order chi connectivity index (χ0) is 15.4. The van der Waals surface area contributed by atoms with Gasteiger partial charge in [0, 0.05) is 0 Å². The maximum Gasteiger partial charge on any atom is 0.284 e. The average Bonchev–Trinajstić information content (AvgIpc) is 2.56. The van der Waals surface area contributed by atoms with Crippen molar-refractivity contribution in [1.29, 1.82) is 0 Å². The number of benzene rings is 2. The van der Waals surface area contributed by atoms with Crippen LogP contribution in [-0.4, -0.2) is 29.9 Å². The van der Waals surface area contributed by atoms with Crippen LogP contribution in [0, 0.1) is 0 Å². The minimum atomic E-state index is -0.744. The van der Waals surface area contributed by atoms with E-state index >= 15 is 0 Å². The van der Waals surface area contributed by atoms with Crippen molar-refractivity contribution in [2.75, 3.05) is 6.61 Å². The Balaban J connectivity index is 1.58. The molecular formula is C16H14N2O4. The lowest BCUT2D eigenvalue weighted by atomic mass is 10.2. The van der Waals surface area contributed by atoms with Crippen LogP contribution in [0.25, 0.3) is 0 Å². The van der Waals surface area contributed by atoms with Crippen LogP contribution in [0.1, 0.15) is 5.56 Å². The summed E-state index contributed by atoms with van der Waals surface area (Å²) in [6.07, 6.45) is 0.737. The number of phenolic OH excluding ortho intramolecular Hbond substituents is 1. The summed E-state index contributed by atoms with van der Waals surface area (Å²) in [6.45, 7) is 0.136. The molecule has 22 heavy (non-hydrogen) atoms. The van der Waals surface area contributed by atoms with Gasteiger partial charge in [-0.05, 0) is 42.0 Å². The van der Waals surface area contributed by atoms with Crippen LogP contribution in [0.15, 0.2) is 53.6 Å². The molecule has 0 aromatic heterocycles. The molecule has 112 valence electrons. The maximum absolute atomic E-state index is 12.0. The van der Waals surface area contributed by atoms with Crippen molar-refractivity contribution in [3.8, 4) is 17.2 Å². The summed E-state index contributed by atoms with van der Waals surface area (Å²) < 4.78 is 11.0. The molecule has 3 rings (SSSR count). The summed E-state index contributed by atoms with van der Waals surface area (Å²) in [6, 6.07) is 13.6. The summed E-state index contributed by atoms with van der Waals surface area (Å²) in [7, 11) is 0. The Kier molecular flexibility index (Phi) is 3.91. The molecule has 0 bridgehead atoms. The van der Waals surface area contributed by atoms with Crippen LogP contribution < -0.4 is 14.9 Å². The lowest BCUT2D eigenvalue weighted by Gasteiger charge is -2.24. The van der Waals surface area contributed by atoms with Crippen LogP contribution in [0.2, 0.25) is 0 Å². The van der Waals surface area contributed by atoms with Gasteiger partial charge in [-0.1, -0.05) is 12.1 Å². The second-order valence-corrected chi connectivity index (χ2v) is 4.69. The van der Waals surface area contributed by atoms with Crippen LogP contribution >= 0.6 is 0 Å². The van der Waals surface area contributed by atoms with Crippen LogP contribution in [0.4, 0.5) is 0 Å². The molecule has 0 saturated carbocycles. The molecule has 0 fully saturated rings. The van der Waals surface area contributed by atoms with Crippen molar-refractivity contribution >= 4 is 12.1 Å². The van der Waals surface area contributed by atoms with E-state index in [9.17, 15) is 9.90 Å². The summed E-state index contributed by atoms with van der Waals surface area (Å²) in [4.78, 5) is 12.0. The minimum absolute atomic E-state index is 0.136. The fraction of sp³-hybridized carbons (Fsp3) is 0.125. The zero-order valence-corrected chi connectivity index (χ0v) is 11.6. The molecule has 0 aliphatic carbocycles. The fourth-order valence-corrected chi connectivity index (χ4v) is 1.95. The molecule has 1 aliphatic rings. The molecule has 2 aromatic rings. The van der Waals surface area contributed by atoms with Crippen molar-refractivity contribution in [2.24, 2.45) is 5.10 Å². The SMILES string of the molecule is O=C(NN=Cc1ccc(O)cc1)[C@@H]1COc2ccccc2O1. The number of nitrogens with one attached hydrogen (secondary N) is 1. The Bertz CT molecular complexity index is 698. The molecule has 1 heterocycles. The van der Waals surface area contributed by atoms with Gasteiger partial charge < -0.3 is 14.6 Å². The molecule has 0 saturated heterocycles. The molecule has 6 heteroatoms. The molecule has 0 spiro atoms. The standard InChI is InChI=1S/C16H14N2O4/c19-12-7-5-11(6-8-12)9-17-18-16(20)15-10-21-13-3-1-2-4-14(13)22-15/h1-9,15,19H,10H2,(H,18,20)/t15-/m0/s1. The van der Waals surface area contributed by atoms with Crippen LogP contribution in [0.3, 0.4) is 0 Å². The number of para-hydroxylation sites is 2. The van der Waals surface area contributed by atoms with Gasteiger partial charge in [0.05, 0.1) is 6.21 Å². The largest absolute Gasteiger partial charge is 0.508 e. The number of ether oxygens (including phenoxy) is 2. The van der Waals surface area contributed by atoms with Gasteiger partial charge in [0.1, 0.15) is 12.4 Å². The number of phenols is 1. The Morgan fingerprint density at radius 2 is 1.91 bits per heavy atom. The van der Waals surface area contributed by atoms with Gasteiger partial charge in [-0.15, -0.1) is 0 Å². The van der Waals surface area contributed by atoms with Crippen LogP contribution in [-0.2, 0) is 4.79 Å². The van der Waals surface area contributed by atoms with E-state index in [2.05, 4.69) is 10.5 Å². The van der Waals surface area contributed by atoms with Gasteiger partial charge in [0.25, 0.3) is 5.91 Å². The quantitative estimate of drug-likeness (QED) is 0.667. The molecule has 1 aliphatic heterocycles. The van der Waals surface area contributed by atoms with Crippen molar-refractivity contribution < 1.29 is 19.4 Å². The van der Waals surface area contributed by atoms with E-state index in [-0.39, 0.29) is 18.3 Å². The first-order chi connectivity index (χ1) is 10.7. The predicted molar refractivity (Wildman–Crippen MR) is 80.2 cm³/mol. The smallest absolute Gasteiger partial charge is 0.284 e. The Morgan fingerprint density at radius 3 is 2.68 bits per heavy atom. The van der Waals surface area contributed by atoms with Gasteiger partial charge in [0.15, 0.2) is 11.5 Å². The lowest BCUT2D eigenvalue weighted by molar-refractivity contribution is -0.130. The molecule has 0 unspecified atom stereocenters. The number of carbonyl (C=O) groups is 1. The van der Waals surface area contributed by atoms with E-state index in [4.69, 9.17) is 9.47 Å². The number of aromatic hydroxyl groups is 1. The molecule has 6 nitrogen and oxygen atoms in total. The summed E-state index contributed by atoms with van der Waals surface area (Å²) in [5.41, 5.74) is 3.16. The molecule has 1 amide bonds. The fourth-order valence-electron chi connectivity index (χ4n) is 1.95.